The second-order valence-corrected chi connectivity index (χ2v) is 7.46. The van der Waals surface area contributed by atoms with E-state index in [4.69, 9.17) is 23.7 Å². The lowest BCUT2D eigenvalue weighted by atomic mass is 10.1. The number of methoxy groups -OCH3 is 1. The quantitative estimate of drug-likeness (QED) is 0.400. The Hall–Kier alpha value is -2.75. The van der Waals surface area contributed by atoms with Crippen LogP contribution in [0.3, 0.4) is 0 Å². The molecule has 184 valence electrons. The molecule has 1 heterocycles. The van der Waals surface area contributed by atoms with E-state index in [9.17, 15) is 4.79 Å². The van der Waals surface area contributed by atoms with E-state index in [2.05, 4.69) is 5.32 Å². The van der Waals surface area contributed by atoms with Crippen molar-refractivity contribution in [1.82, 2.24) is 5.32 Å². The molecule has 0 saturated carbocycles. The predicted molar refractivity (Wildman–Crippen MR) is 133 cm³/mol. The van der Waals surface area contributed by atoms with Gasteiger partial charge in [0, 0.05) is 13.7 Å². The van der Waals surface area contributed by atoms with Crippen LogP contribution in [0.1, 0.15) is 11.1 Å². The molecule has 0 aliphatic carbocycles. The highest BCUT2D eigenvalue weighted by Crippen LogP contribution is 2.36. The van der Waals surface area contributed by atoms with Crippen LogP contribution in [0.2, 0.25) is 0 Å². The highest BCUT2D eigenvalue weighted by molar-refractivity contribution is 6.05. The molecule has 8 heteroatoms. The first kappa shape index (κ1) is 25.9. The van der Waals surface area contributed by atoms with E-state index >= 15 is 0 Å². The maximum atomic E-state index is 13.1. The molecule has 0 unspecified atom stereocenters. The van der Waals surface area contributed by atoms with E-state index < -0.39 is 0 Å². The summed E-state index contributed by atoms with van der Waals surface area (Å²) in [6.45, 7) is 4.98. The Bertz CT molecular complexity index is 855. The molecule has 0 spiro atoms. The lowest BCUT2D eigenvalue weighted by molar-refractivity contribution is -0.00737. The molecule has 1 aliphatic heterocycles. The SMILES string of the molecule is COCCOCCOCCOCCOCCNC(=O)N1c2ccccc2C=Cc2ccccc21. The summed E-state index contributed by atoms with van der Waals surface area (Å²) >= 11 is 0. The number of benzene rings is 2. The Labute approximate surface area is 201 Å². The van der Waals surface area contributed by atoms with Crippen molar-refractivity contribution in [1.29, 1.82) is 0 Å². The fourth-order valence-electron chi connectivity index (χ4n) is 3.41. The van der Waals surface area contributed by atoms with E-state index in [1.165, 1.54) is 0 Å². The van der Waals surface area contributed by atoms with E-state index in [1.807, 2.05) is 60.7 Å². The van der Waals surface area contributed by atoms with Gasteiger partial charge in [-0.25, -0.2) is 4.79 Å². The van der Waals surface area contributed by atoms with Gasteiger partial charge in [0.05, 0.1) is 70.8 Å². The van der Waals surface area contributed by atoms with Gasteiger partial charge in [-0.1, -0.05) is 48.6 Å². The van der Waals surface area contributed by atoms with Crippen LogP contribution in [0.4, 0.5) is 16.2 Å². The summed E-state index contributed by atoms with van der Waals surface area (Å²) in [5, 5.41) is 2.96. The summed E-state index contributed by atoms with van der Waals surface area (Å²) in [6.07, 6.45) is 4.07. The zero-order chi connectivity index (χ0) is 23.8. The van der Waals surface area contributed by atoms with Crippen LogP contribution in [0.15, 0.2) is 48.5 Å². The summed E-state index contributed by atoms with van der Waals surface area (Å²) in [5.41, 5.74) is 3.67. The molecule has 8 nitrogen and oxygen atoms in total. The summed E-state index contributed by atoms with van der Waals surface area (Å²) in [6, 6.07) is 15.5. The lowest BCUT2D eigenvalue weighted by Gasteiger charge is -2.25. The maximum Gasteiger partial charge on any atom is 0.326 e. The molecule has 0 radical (unpaired) electrons. The van der Waals surface area contributed by atoms with Gasteiger partial charge in [-0.15, -0.1) is 0 Å². The molecule has 0 bridgehead atoms. The number of para-hydroxylation sites is 2. The number of rotatable bonds is 15. The van der Waals surface area contributed by atoms with Gasteiger partial charge in [-0.2, -0.15) is 0 Å². The van der Waals surface area contributed by atoms with Gasteiger partial charge in [0.25, 0.3) is 0 Å². The third kappa shape index (κ3) is 8.23. The van der Waals surface area contributed by atoms with Crippen molar-refractivity contribution < 1.29 is 28.5 Å². The van der Waals surface area contributed by atoms with Crippen molar-refractivity contribution >= 4 is 29.6 Å². The number of anilines is 2. The first-order valence-electron chi connectivity index (χ1n) is 11.6. The molecule has 1 N–H and O–H groups in total. The van der Waals surface area contributed by atoms with Crippen LogP contribution in [0.25, 0.3) is 12.2 Å². The smallest absolute Gasteiger partial charge is 0.326 e. The second kappa shape index (κ2) is 15.2. The molecule has 2 amide bonds. The highest BCUT2D eigenvalue weighted by atomic mass is 16.6. The molecule has 34 heavy (non-hydrogen) atoms. The summed E-state index contributed by atoms with van der Waals surface area (Å²) in [7, 11) is 1.64. The molecule has 3 rings (SSSR count). The number of nitrogens with zero attached hydrogens (tertiary/aromatic N) is 1. The minimum absolute atomic E-state index is 0.188. The van der Waals surface area contributed by atoms with Gasteiger partial charge in [-0.05, 0) is 23.3 Å². The zero-order valence-electron chi connectivity index (χ0n) is 19.7. The van der Waals surface area contributed by atoms with Crippen LogP contribution >= 0.6 is 0 Å². The number of carbonyl (C=O) groups excluding carboxylic acids is 1. The minimum Gasteiger partial charge on any atom is -0.382 e. The van der Waals surface area contributed by atoms with Crippen LogP contribution in [-0.4, -0.2) is 79.1 Å². The van der Waals surface area contributed by atoms with E-state index in [1.54, 1.807) is 12.0 Å². The number of amides is 2. The van der Waals surface area contributed by atoms with Gasteiger partial charge in [0.1, 0.15) is 0 Å². The van der Waals surface area contributed by atoms with Crippen LogP contribution < -0.4 is 10.2 Å². The predicted octanol–water partition coefficient (Wildman–Crippen LogP) is 3.73. The third-order valence-electron chi connectivity index (χ3n) is 5.07. The number of urea groups is 1. The fourth-order valence-corrected chi connectivity index (χ4v) is 3.41. The fraction of sp³-hybridized carbons (Fsp3) is 0.423. The largest absolute Gasteiger partial charge is 0.382 e. The van der Waals surface area contributed by atoms with Gasteiger partial charge >= 0.3 is 6.03 Å². The van der Waals surface area contributed by atoms with Crippen molar-refractivity contribution in [2.75, 3.05) is 78.0 Å². The van der Waals surface area contributed by atoms with Gasteiger partial charge in [0.15, 0.2) is 0 Å². The summed E-state index contributed by atoms with van der Waals surface area (Å²) in [4.78, 5) is 14.8. The zero-order valence-corrected chi connectivity index (χ0v) is 19.7. The standard InChI is InChI=1S/C26H34N2O6/c1-30-14-15-32-18-19-34-21-20-33-17-16-31-13-12-27-26(29)28-24-8-4-2-6-22(24)10-11-23-7-3-5-9-25(23)28/h2-11H,12-21H2,1H3,(H,27,29). The Morgan fingerprint density at radius 1 is 0.676 bits per heavy atom. The Morgan fingerprint density at radius 3 is 1.62 bits per heavy atom. The molecule has 0 aromatic heterocycles. The number of fused-ring (bicyclic) bond motifs is 2. The first-order chi connectivity index (χ1) is 16.8. The monoisotopic (exact) mass is 470 g/mol. The van der Waals surface area contributed by atoms with Crippen molar-refractivity contribution in [2.24, 2.45) is 0 Å². The Kier molecular flexibility index (Phi) is 11.6. The number of hydrogen-bond donors (Lipinski definition) is 1. The van der Waals surface area contributed by atoms with Crippen molar-refractivity contribution in [3.05, 3.63) is 59.7 Å². The summed E-state index contributed by atoms with van der Waals surface area (Å²) in [5.74, 6) is 0. The molecule has 1 aliphatic rings. The molecular formula is C26H34N2O6. The topological polar surface area (TPSA) is 78.5 Å². The number of carbonyl (C=O) groups is 1. The van der Waals surface area contributed by atoms with Crippen molar-refractivity contribution in [3.63, 3.8) is 0 Å². The van der Waals surface area contributed by atoms with E-state index in [-0.39, 0.29) is 6.03 Å². The molecule has 0 atom stereocenters. The number of nitrogens with one attached hydrogen (secondary N) is 1. The normalized spacial score (nSPS) is 12.2. The van der Waals surface area contributed by atoms with Gasteiger partial charge in [-0.3, -0.25) is 4.90 Å². The summed E-state index contributed by atoms with van der Waals surface area (Å²) < 4.78 is 26.7. The maximum absolute atomic E-state index is 13.1. The van der Waals surface area contributed by atoms with Crippen LogP contribution in [0, 0.1) is 0 Å². The molecule has 2 aromatic carbocycles. The highest BCUT2D eigenvalue weighted by Gasteiger charge is 2.23. The average molecular weight is 471 g/mol. The minimum atomic E-state index is -0.188. The molecular weight excluding hydrogens is 436 g/mol. The Balaban J connectivity index is 1.30. The van der Waals surface area contributed by atoms with Crippen LogP contribution in [0.5, 0.6) is 0 Å². The molecule has 2 aromatic rings. The molecule has 0 saturated heterocycles. The second-order valence-electron chi connectivity index (χ2n) is 7.46. The van der Waals surface area contributed by atoms with Gasteiger partial charge < -0.3 is 29.0 Å². The first-order valence-corrected chi connectivity index (χ1v) is 11.6. The number of ether oxygens (including phenoxy) is 5. The average Bonchev–Trinajstić information content (AvgIpc) is 3.03. The number of hydrogen-bond acceptors (Lipinski definition) is 6. The van der Waals surface area contributed by atoms with Crippen molar-refractivity contribution in [2.45, 2.75) is 0 Å². The lowest BCUT2D eigenvalue weighted by Crippen LogP contribution is -2.39. The van der Waals surface area contributed by atoms with E-state index in [0.29, 0.717) is 66.0 Å². The molecule has 0 fully saturated rings. The Morgan fingerprint density at radius 2 is 1.12 bits per heavy atom. The van der Waals surface area contributed by atoms with E-state index in [0.717, 1.165) is 22.5 Å². The van der Waals surface area contributed by atoms with Crippen molar-refractivity contribution in [3.8, 4) is 0 Å². The van der Waals surface area contributed by atoms with Crippen LogP contribution in [-0.2, 0) is 23.7 Å². The van der Waals surface area contributed by atoms with Gasteiger partial charge in [0.2, 0.25) is 0 Å². The third-order valence-corrected chi connectivity index (χ3v) is 5.07.